The van der Waals surface area contributed by atoms with Crippen LogP contribution in [-0.2, 0) is 5.41 Å². The number of hydrogen-bond donors (Lipinski definition) is 0. The fourth-order valence-electron chi connectivity index (χ4n) is 6.27. The molecule has 0 spiro atoms. The highest BCUT2D eigenvalue weighted by atomic mass is 14.8. The molecule has 0 aliphatic heterocycles. The van der Waals surface area contributed by atoms with Crippen LogP contribution in [0, 0.1) is 17.9 Å². The van der Waals surface area contributed by atoms with Gasteiger partial charge in [-0.25, -0.2) is 4.98 Å². The maximum atomic E-state index is 9.63. The van der Waals surface area contributed by atoms with Gasteiger partial charge in [0.15, 0.2) is 0 Å². The van der Waals surface area contributed by atoms with Crippen LogP contribution < -0.4 is 0 Å². The molecule has 39 heavy (non-hydrogen) atoms. The summed E-state index contributed by atoms with van der Waals surface area (Å²) < 4.78 is 0. The van der Waals surface area contributed by atoms with Crippen molar-refractivity contribution in [1.29, 1.82) is 5.26 Å². The molecule has 0 amide bonds. The molecule has 2 heterocycles. The lowest BCUT2D eigenvalue weighted by Crippen LogP contribution is -2.14. The summed E-state index contributed by atoms with van der Waals surface area (Å²) in [6.45, 7) is 12.1. The molecule has 0 unspecified atom stereocenters. The second-order valence-electron chi connectivity index (χ2n) is 10.5. The smallest absolute Gasteiger partial charge is 0.270 e. The Morgan fingerprint density at radius 2 is 1.33 bits per heavy atom. The Kier molecular flexibility index (Phi) is 4.89. The lowest BCUT2D eigenvalue weighted by molar-refractivity contribution is 0.661. The van der Waals surface area contributed by atoms with Gasteiger partial charge in [0.25, 0.3) is 5.82 Å². The number of aromatic nitrogens is 2. The van der Waals surface area contributed by atoms with Crippen molar-refractivity contribution in [2.75, 3.05) is 0 Å². The summed E-state index contributed by atoms with van der Waals surface area (Å²) in [6.07, 6.45) is 3.42. The van der Waals surface area contributed by atoms with Crippen molar-refractivity contribution in [3.05, 3.63) is 126 Å². The van der Waals surface area contributed by atoms with Crippen molar-refractivity contribution in [2.45, 2.75) is 19.3 Å². The van der Waals surface area contributed by atoms with Crippen molar-refractivity contribution in [3.8, 4) is 39.4 Å². The number of fused-ring (bicyclic) bond motifs is 5. The minimum atomic E-state index is -0.160. The van der Waals surface area contributed by atoms with Gasteiger partial charge in [-0.3, -0.25) is 0 Å². The lowest BCUT2D eigenvalue weighted by Gasteiger charge is -2.23. The Labute approximate surface area is 226 Å². The molecule has 0 atom stereocenters. The highest BCUT2D eigenvalue weighted by Gasteiger charge is 2.36. The number of nitriles is 1. The normalized spacial score (nSPS) is 13.0. The van der Waals surface area contributed by atoms with Gasteiger partial charge in [0.1, 0.15) is 18.0 Å². The average Bonchev–Trinajstić information content (AvgIpc) is 3.20. The highest BCUT2D eigenvalue weighted by Crippen LogP contribution is 2.53. The molecule has 1 aliphatic carbocycles. The van der Waals surface area contributed by atoms with Gasteiger partial charge in [0.05, 0.1) is 0 Å². The molecule has 0 radical (unpaired) electrons. The monoisotopic (exact) mass is 498 g/mol. The Morgan fingerprint density at radius 1 is 0.692 bits per heavy atom. The van der Waals surface area contributed by atoms with Gasteiger partial charge >= 0.3 is 0 Å². The Morgan fingerprint density at radius 3 is 2.05 bits per heavy atom. The standard InChI is InChI=1S/C35H22N4/c1-35(2)30-11-7-6-8-24(30)27-18-28-29(19-31(27)35)33(21-12-14-38-23(16-21)20-36)25-9-4-5-10-26(25)34(28)22-13-15-39-32(17-22)37-3/h4-19H,1-2H3. The first-order valence-corrected chi connectivity index (χ1v) is 12.8. The summed E-state index contributed by atoms with van der Waals surface area (Å²) >= 11 is 0. The van der Waals surface area contributed by atoms with Gasteiger partial charge in [-0.15, -0.1) is 4.98 Å². The first-order valence-electron chi connectivity index (χ1n) is 12.8. The van der Waals surface area contributed by atoms with Crippen molar-refractivity contribution >= 4 is 27.4 Å². The van der Waals surface area contributed by atoms with E-state index in [1.54, 1.807) is 12.4 Å². The van der Waals surface area contributed by atoms with Crippen molar-refractivity contribution < 1.29 is 0 Å². The van der Waals surface area contributed by atoms with Crippen LogP contribution in [-0.4, -0.2) is 9.97 Å². The zero-order chi connectivity index (χ0) is 26.7. The van der Waals surface area contributed by atoms with Crippen LogP contribution in [0.5, 0.6) is 0 Å². The molecule has 4 aromatic carbocycles. The summed E-state index contributed by atoms with van der Waals surface area (Å²) in [6, 6.07) is 31.6. The predicted octanol–water partition coefficient (Wildman–Crippen LogP) is 8.85. The average molecular weight is 499 g/mol. The zero-order valence-corrected chi connectivity index (χ0v) is 21.5. The Bertz CT molecular complexity index is 2070. The SMILES string of the molecule is [C-]#[N+]c1cc(-c2c3ccccc3c(-c3ccnc(C#N)c3)c3cc4c(cc23)-c2ccccc2C4(C)C)ccn1. The van der Waals surface area contributed by atoms with Gasteiger partial charge in [-0.2, -0.15) is 5.26 Å². The van der Waals surface area contributed by atoms with E-state index in [9.17, 15) is 5.26 Å². The van der Waals surface area contributed by atoms with E-state index in [0.29, 0.717) is 11.5 Å². The first-order chi connectivity index (χ1) is 19.0. The Hall–Kier alpha value is -5.32. The zero-order valence-electron chi connectivity index (χ0n) is 21.5. The molecule has 2 aromatic heterocycles. The summed E-state index contributed by atoms with van der Waals surface area (Å²) in [7, 11) is 0. The summed E-state index contributed by atoms with van der Waals surface area (Å²) in [5, 5.41) is 14.0. The van der Waals surface area contributed by atoms with Gasteiger partial charge in [-0.05, 0) is 102 Å². The van der Waals surface area contributed by atoms with E-state index in [1.165, 1.54) is 22.3 Å². The number of benzene rings is 4. The summed E-state index contributed by atoms with van der Waals surface area (Å²) in [5.74, 6) is 0.370. The van der Waals surface area contributed by atoms with Gasteiger partial charge < -0.3 is 4.85 Å². The summed E-state index contributed by atoms with van der Waals surface area (Å²) in [5.41, 5.74) is 9.40. The van der Waals surface area contributed by atoms with Gasteiger partial charge in [0, 0.05) is 11.6 Å². The molecule has 4 nitrogen and oxygen atoms in total. The van der Waals surface area contributed by atoms with E-state index in [4.69, 9.17) is 6.57 Å². The molecule has 0 N–H and O–H groups in total. The van der Waals surface area contributed by atoms with Crippen LogP contribution in [0.25, 0.3) is 59.8 Å². The number of nitrogens with zero attached hydrogens (tertiary/aromatic N) is 4. The third-order valence-corrected chi connectivity index (χ3v) is 8.04. The first kappa shape index (κ1) is 22.8. The highest BCUT2D eigenvalue weighted by molar-refractivity contribution is 6.22. The third kappa shape index (κ3) is 3.29. The van der Waals surface area contributed by atoms with Crippen molar-refractivity contribution in [3.63, 3.8) is 0 Å². The molecule has 182 valence electrons. The van der Waals surface area contributed by atoms with E-state index in [1.807, 2.05) is 24.3 Å². The minimum Gasteiger partial charge on any atom is -0.361 e. The maximum Gasteiger partial charge on any atom is 0.270 e. The largest absolute Gasteiger partial charge is 0.361 e. The molecule has 0 bridgehead atoms. The molecule has 6 aromatic rings. The third-order valence-electron chi connectivity index (χ3n) is 8.04. The van der Waals surface area contributed by atoms with Crippen molar-refractivity contribution in [1.82, 2.24) is 9.97 Å². The molecular formula is C35H22N4. The van der Waals surface area contributed by atoms with Crippen molar-refractivity contribution in [2.24, 2.45) is 0 Å². The van der Waals surface area contributed by atoms with Gasteiger partial charge in [-0.1, -0.05) is 69.0 Å². The quantitative estimate of drug-likeness (QED) is 0.177. The fourth-order valence-corrected chi connectivity index (χ4v) is 6.27. The van der Waals surface area contributed by atoms with E-state index < -0.39 is 0 Å². The molecule has 1 aliphatic rings. The van der Waals surface area contributed by atoms with E-state index >= 15 is 0 Å². The molecule has 7 rings (SSSR count). The Balaban J connectivity index is 1.71. The lowest BCUT2D eigenvalue weighted by atomic mass is 9.79. The number of rotatable bonds is 2. The molecule has 0 saturated heterocycles. The minimum absolute atomic E-state index is 0.160. The second kappa shape index (κ2) is 8.35. The van der Waals surface area contributed by atoms with Crippen LogP contribution in [0.15, 0.2) is 97.3 Å². The fraction of sp³-hybridized carbons (Fsp3) is 0.0857. The van der Waals surface area contributed by atoms with Crippen LogP contribution >= 0.6 is 0 Å². The summed E-state index contributed by atoms with van der Waals surface area (Å²) in [4.78, 5) is 12.1. The molecule has 0 saturated carbocycles. The number of hydrogen-bond acceptors (Lipinski definition) is 3. The topological polar surface area (TPSA) is 53.9 Å². The van der Waals surface area contributed by atoms with Crippen LogP contribution in [0.1, 0.15) is 30.7 Å². The van der Waals surface area contributed by atoms with Gasteiger partial charge in [0.2, 0.25) is 0 Å². The molecule has 4 heteroatoms. The van der Waals surface area contributed by atoms with E-state index in [2.05, 4.69) is 95.4 Å². The van der Waals surface area contributed by atoms with Crippen LogP contribution in [0.3, 0.4) is 0 Å². The van der Waals surface area contributed by atoms with E-state index in [-0.39, 0.29) is 5.41 Å². The van der Waals surface area contributed by atoms with Crippen LogP contribution in [0.2, 0.25) is 0 Å². The van der Waals surface area contributed by atoms with E-state index in [0.717, 1.165) is 43.8 Å². The van der Waals surface area contributed by atoms with Crippen LogP contribution in [0.4, 0.5) is 5.82 Å². The second-order valence-corrected chi connectivity index (χ2v) is 10.5. The molecular weight excluding hydrogens is 476 g/mol. The molecule has 0 fully saturated rings. The predicted molar refractivity (Wildman–Crippen MR) is 156 cm³/mol. The maximum absolute atomic E-state index is 9.63. The number of pyridine rings is 2.